The molecule has 134 valence electrons. The summed E-state index contributed by atoms with van der Waals surface area (Å²) in [6.07, 6.45) is -1.26. The zero-order valence-electron chi connectivity index (χ0n) is 13.7. The maximum atomic E-state index is 13.7. The van der Waals surface area contributed by atoms with Gasteiger partial charge in [0.05, 0.1) is 12.1 Å². The Labute approximate surface area is 152 Å². The van der Waals surface area contributed by atoms with Crippen LogP contribution in [0.15, 0.2) is 47.0 Å². The van der Waals surface area contributed by atoms with E-state index in [0.717, 1.165) is 6.07 Å². The number of esters is 1. The molecule has 0 aliphatic rings. The number of rotatable bonds is 5. The van der Waals surface area contributed by atoms with Crippen molar-refractivity contribution in [2.75, 3.05) is 5.32 Å². The van der Waals surface area contributed by atoms with E-state index in [0.29, 0.717) is 16.7 Å². The first-order chi connectivity index (χ1) is 12.4. The highest BCUT2D eigenvalue weighted by atomic mass is 35.5. The molecule has 0 bridgehead atoms. The maximum Gasteiger partial charge on any atom is 0.312 e. The number of halogens is 2. The molecule has 0 spiro atoms. The molecule has 0 saturated carbocycles. The molecular weight excluding hydrogens is 363 g/mol. The van der Waals surface area contributed by atoms with Crippen LogP contribution in [-0.2, 0) is 20.7 Å². The van der Waals surface area contributed by atoms with Gasteiger partial charge in [-0.25, -0.2) is 4.39 Å². The summed E-state index contributed by atoms with van der Waals surface area (Å²) in [7, 11) is 0. The second-order valence-corrected chi connectivity index (χ2v) is 5.98. The lowest BCUT2D eigenvalue weighted by Gasteiger charge is -2.13. The highest BCUT2D eigenvalue weighted by Gasteiger charge is 2.21. The number of hydrogen-bond donors (Lipinski definition) is 1. The molecule has 1 aromatic heterocycles. The third kappa shape index (κ3) is 4.00. The fourth-order valence-corrected chi connectivity index (χ4v) is 2.48. The molecule has 1 unspecified atom stereocenters. The van der Waals surface area contributed by atoms with Crippen molar-refractivity contribution in [3.05, 3.63) is 59.0 Å². The summed E-state index contributed by atoms with van der Waals surface area (Å²) in [5, 5.41) is 7.09. The van der Waals surface area contributed by atoms with Crippen molar-refractivity contribution >= 4 is 40.1 Å². The van der Waals surface area contributed by atoms with Gasteiger partial charge >= 0.3 is 5.97 Å². The average Bonchev–Trinajstić information content (AvgIpc) is 3.00. The van der Waals surface area contributed by atoms with Crippen LogP contribution in [0.3, 0.4) is 0 Å². The van der Waals surface area contributed by atoms with Gasteiger partial charge in [-0.1, -0.05) is 28.9 Å². The fraction of sp³-hybridized carbons (Fsp3) is 0.167. The Kier molecular flexibility index (Phi) is 5.18. The van der Waals surface area contributed by atoms with Crippen molar-refractivity contribution < 1.29 is 23.2 Å². The summed E-state index contributed by atoms with van der Waals surface area (Å²) >= 11 is 5.66. The van der Waals surface area contributed by atoms with Crippen molar-refractivity contribution in [3.8, 4) is 0 Å². The van der Waals surface area contributed by atoms with E-state index < -0.39 is 23.8 Å². The standard InChI is InChI=1S/C18H14ClFN2O4/c1-10(18(24)21-14-7-6-11(19)8-13(14)20)25-17(23)9-15-12-4-2-3-5-16(12)26-22-15/h2-8,10H,9H2,1H3,(H,21,24). The minimum absolute atomic E-state index is 0.0511. The SMILES string of the molecule is CC(OC(=O)Cc1noc2ccccc12)C(=O)Nc1ccc(Cl)cc1F. The van der Waals surface area contributed by atoms with Crippen LogP contribution in [0.4, 0.5) is 10.1 Å². The number of hydrogen-bond acceptors (Lipinski definition) is 5. The van der Waals surface area contributed by atoms with Crippen LogP contribution in [0.5, 0.6) is 0 Å². The van der Waals surface area contributed by atoms with Gasteiger partial charge in [-0.3, -0.25) is 9.59 Å². The van der Waals surface area contributed by atoms with Gasteiger partial charge in [0.1, 0.15) is 11.5 Å². The molecule has 0 fully saturated rings. The van der Waals surface area contributed by atoms with E-state index in [1.165, 1.54) is 19.1 Å². The molecule has 0 aliphatic carbocycles. The van der Waals surface area contributed by atoms with E-state index in [1.807, 2.05) is 0 Å². The summed E-state index contributed by atoms with van der Waals surface area (Å²) < 4.78 is 23.9. The van der Waals surface area contributed by atoms with Crippen LogP contribution in [0, 0.1) is 5.82 Å². The molecule has 3 aromatic rings. The van der Waals surface area contributed by atoms with Crippen molar-refractivity contribution in [2.24, 2.45) is 0 Å². The van der Waals surface area contributed by atoms with Gasteiger partial charge in [-0.05, 0) is 37.3 Å². The van der Waals surface area contributed by atoms with E-state index in [4.69, 9.17) is 20.9 Å². The molecule has 8 heteroatoms. The highest BCUT2D eigenvalue weighted by Crippen LogP contribution is 2.20. The quantitative estimate of drug-likeness (QED) is 0.686. The van der Waals surface area contributed by atoms with Gasteiger partial charge in [0, 0.05) is 10.4 Å². The lowest BCUT2D eigenvalue weighted by atomic mass is 10.2. The third-order valence-electron chi connectivity index (χ3n) is 3.63. The molecule has 1 atom stereocenters. The molecule has 1 N–H and O–H groups in total. The van der Waals surface area contributed by atoms with Gasteiger partial charge in [-0.15, -0.1) is 0 Å². The van der Waals surface area contributed by atoms with E-state index >= 15 is 0 Å². The Hall–Kier alpha value is -2.93. The number of carbonyl (C=O) groups is 2. The number of para-hydroxylation sites is 1. The lowest BCUT2D eigenvalue weighted by Crippen LogP contribution is -2.30. The number of nitrogens with one attached hydrogen (secondary N) is 1. The number of anilines is 1. The monoisotopic (exact) mass is 376 g/mol. The summed E-state index contributed by atoms with van der Waals surface area (Å²) in [5.41, 5.74) is 0.922. The van der Waals surface area contributed by atoms with Gasteiger partial charge < -0.3 is 14.6 Å². The van der Waals surface area contributed by atoms with E-state index in [9.17, 15) is 14.0 Å². The van der Waals surface area contributed by atoms with Crippen LogP contribution in [0.2, 0.25) is 5.02 Å². The predicted molar refractivity (Wildman–Crippen MR) is 93.3 cm³/mol. The first kappa shape index (κ1) is 17.9. The molecule has 1 amide bonds. The van der Waals surface area contributed by atoms with E-state index in [-0.39, 0.29) is 17.1 Å². The molecule has 1 heterocycles. The Morgan fingerprint density at radius 3 is 2.85 bits per heavy atom. The number of aromatic nitrogens is 1. The Morgan fingerprint density at radius 2 is 2.08 bits per heavy atom. The van der Waals surface area contributed by atoms with Crippen LogP contribution < -0.4 is 5.32 Å². The molecular formula is C18H14ClFN2O4. The summed E-state index contributed by atoms with van der Waals surface area (Å²) in [6, 6.07) is 10.9. The molecule has 0 aliphatic heterocycles. The van der Waals surface area contributed by atoms with Crippen molar-refractivity contribution in [2.45, 2.75) is 19.4 Å². The van der Waals surface area contributed by atoms with Gasteiger partial charge in [0.2, 0.25) is 0 Å². The van der Waals surface area contributed by atoms with Crippen LogP contribution in [0.1, 0.15) is 12.6 Å². The first-order valence-corrected chi connectivity index (χ1v) is 8.10. The first-order valence-electron chi connectivity index (χ1n) is 7.72. The third-order valence-corrected chi connectivity index (χ3v) is 3.87. The van der Waals surface area contributed by atoms with Crippen molar-refractivity contribution in [1.29, 1.82) is 0 Å². The average molecular weight is 377 g/mol. The normalized spacial score (nSPS) is 12.0. The van der Waals surface area contributed by atoms with Crippen LogP contribution >= 0.6 is 11.6 Å². The largest absolute Gasteiger partial charge is 0.452 e. The topological polar surface area (TPSA) is 81.4 Å². The Morgan fingerprint density at radius 1 is 1.31 bits per heavy atom. The number of amides is 1. The van der Waals surface area contributed by atoms with Gasteiger partial charge in [-0.2, -0.15) is 0 Å². The zero-order chi connectivity index (χ0) is 18.7. The molecule has 0 saturated heterocycles. The second-order valence-electron chi connectivity index (χ2n) is 5.55. The molecule has 26 heavy (non-hydrogen) atoms. The smallest absolute Gasteiger partial charge is 0.312 e. The summed E-state index contributed by atoms with van der Waals surface area (Å²) in [4.78, 5) is 24.1. The van der Waals surface area contributed by atoms with E-state index in [2.05, 4.69) is 10.5 Å². The number of carbonyl (C=O) groups excluding carboxylic acids is 2. The van der Waals surface area contributed by atoms with Crippen molar-refractivity contribution in [3.63, 3.8) is 0 Å². The van der Waals surface area contributed by atoms with Crippen molar-refractivity contribution in [1.82, 2.24) is 5.16 Å². The maximum absolute atomic E-state index is 13.7. The zero-order valence-corrected chi connectivity index (χ0v) is 14.4. The number of benzene rings is 2. The van der Waals surface area contributed by atoms with Gasteiger partial charge in [0.25, 0.3) is 5.91 Å². The molecule has 2 aromatic carbocycles. The van der Waals surface area contributed by atoms with Crippen LogP contribution in [0.25, 0.3) is 11.0 Å². The Bertz CT molecular complexity index is 973. The molecule has 6 nitrogen and oxygen atoms in total. The summed E-state index contributed by atoms with van der Waals surface area (Å²) in [5.74, 6) is -1.99. The number of fused-ring (bicyclic) bond motifs is 1. The predicted octanol–water partition coefficient (Wildman–Crippen LogP) is 3.73. The minimum atomic E-state index is -1.12. The summed E-state index contributed by atoms with van der Waals surface area (Å²) in [6.45, 7) is 1.39. The van der Waals surface area contributed by atoms with Gasteiger partial charge in [0.15, 0.2) is 11.7 Å². The van der Waals surface area contributed by atoms with Crippen LogP contribution in [-0.4, -0.2) is 23.1 Å². The number of ether oxygens (including phenoxy) is 1. The fourth-order valence-electron chi connectivity index (χ4n) is 2.32. The minimum Gasteiger partial charge on any atom is -0.452 e. The second kappa shape index (κ2) is 7.53. The highest BCUT2D eigenvalue weighted by molar-refractivity contribution is 6.30. The molecule has 3 rings (SSSR count). The lowest BCUT2D eigenvalue weighted by molar-refractivity contribution is -0.152. The number of nitrogens with zero attached hydrogens (tertiary/aromatic N) is 1. The van der Waals surface area contributed by atoms with E-state index in [1.54, 1.807) is 24.3 Å². The molecule has 0 radical (unpaired) electrons. The Balaban J connectivity index is 1.60.